The van der Waals surface area contributed by atoms with E-state index in [-0.39, 0.29) is 16.7 Å². The Hall–Kier alpha value is -1.58. The summed E-state index contributed by atoms with van der Waals surface area (Å²) in [5.74, 6) is 0.0634. The average molecular weight is 445 g/mol. The van der Waals surface area contributed by atoms with E-state index in [2.05, 4.69) is 21.2 Å². The number of halogens is 1. The molecule has 1 aromatic heterocycles. The van der Waals surface area contributed by atoms with Gasteiger partial charge >= 0.3 is 0 Å². The zero-order chi connectivity index (χ0) is 18.0. The smallest absolute Gasteiger partial charge is 0.274 e. The monoisotopic (exact) mass is 444 g/mol. The van der Waals surface area contributed by atoms with Crippen LogP contribution in [0.5, 0.6) is 5.75 Å². The van der Waals surface area contributed by atoms with E-state index < -0.39 is 16.1 Å². The number of carbonyl (C=O) groups excluding carboxylic acids is 1. The van der Waals surface area contributed by atoms with Gasteiger partial charge in [-0.3, -0.25) is 9.10 Å². The highest BCUT2D eigenvalue weighted by molar-refractivity contribution is 9.11. The van der Waals surface area contributed by atoms with Crippen LogP contribution in [0.3, 0.4) is 0 Å². The Morgan fingerprint density at radius 3 is 2.80 bits per heavy atom. The lowest BCUT2D eigenvalue weighted by Crippen LogP contribution is -2.50. The first-order chi connectivity index (χ1) is 11.9. The average Bonchev–Trinajstić information content (AvgIpc) is 3.05. The van der Waals surface area contributed by atoms with Crippen LogP contribution in [0.4, 0.5) is 5.69 Å². The van der Waals surface area contributed by atoms with Crippen molar-refractivity contribution >= 4 is 48.9 Å². The van der Waals surface area contributed by atoms with Crippen molar-refractivity contribution in [3.05, 3.63) is 40.2 Å². The maximum atomic E-state index is 13.1. The topological polar surface area (TPSA) is 75.7 Å². The first-order valence-corrected chi connectivity index (χ1v) is 10.8. The molecule has 6 nitrogen and oxygen atoms in total. The van der Waals surface area contributed by atoms with E-state index in [0.717, 1.165) is 21.5 Å². The van der Waals surface area contributed by atoms with Crippen molar-refractivity contribution in [1.29, 1.82) is 0 Å². The highest BCUT2D eigenvalue weighted by atomic mass is 79.9. The summed E-state index contributed by atoms with van der Waals surface area (Å²) in [7, 11) is -3.78. The predicted molar refractivity (Wildman–Crippen MR) is 101 cm³/mol. The predicted octanol–water partition coefficient (Wildman–Crippen LogP) is 2.99. The van der Waals surface area contributed by atoms with Gasteiger partial charge < -0.3 is 10.1 Å². The van der Waals surface area contributed by atoms with Crippen molar-refractivity contribution in [3.8, 4) is 5.75 Å². The highest BCUT2D eigenvalue weighted by Crippen LogP contribution is 2.38. The van der Waals surface area contributed by atoms with E-state index >= 15 is 0 Å². The van der Waals surface area contributed by atoms with Crippen molar-refractivity contribution in [2.45, 2.75) is 23.7 Å². The van der Waals surface area contributed by atoms with Crippen molar-refractivity contribution in [2.24, 2.45) is 0 Å². The molecule has 0 bridgehead atoms. The molecule has 1 atom stereocenters. The number of carbonyl (C=O) groups is 1. The molecule has 0 unspecified atom stereocenters. The Bertz CT molecular complexity index is 882. The van der Waals surface area contributed by atoms with Gasteiger partial charge in [-0.2, -0.15) is 0 Å². The van der Waals surface area contributed by atoms with E-state index in [0.29, 0.717) is 18.0 Å². The summed E-state index contributed by atoms with van der Waals surface area (Å²) in [4.78, 5) is 12.3. The van der Waals surface area contributed by atoms with E-state index in [9.17, 15) is 13.2 Å². The number of para-hydroxylation sites is 2. The van der Waals surface area contributed by atoms with Crippen molar-refractivity contribution in [2.75, 3.05) is 17.4 Å². The Kier molecular flexibility index (Phi) is 5.35. The van der Waals surface area contributed by atoms with Crippen molar-refractivity contribution < 1.29 is 17.9 Å². The zero-order valence-electron chi connectivity index (χ0n) is 13.4. The van der Waals surface area contributed by atoms with Crippen LogP contribution < -0.4 is 14.4 Å². The standard InChI is InChI=1S/C16H17BrN2O4S2/c1-2-9-18-16(20)13-10-19(11-5-3-4-6-12(11)23-13)25(21,22)15-8-7-14(17)24-15/h3-8,13H,2,9-10H2,1H3,(H,18,20)/t13-/m0/s1. The van der Waals surface area contributed by atoms with Gasteiger partial charge in [-0.15, -0.1) is 11.3 Å². The maximum Gasteiger partial charge on any atom is 0.274 e. The van der Waals surface area contributed by atoms with E-state index in [1.54, 1.807) is 36.4 Å². The number of amides is 1. The van der Waals surface area contributed by atoms with Gasteiger partial charge in [0, 0.05) is 6.54 Å². The van der Waals surface area contributed by atoms with Gasteiger partial charge in [-0.25, -0.2) is 8.42 Å². The molecule has 0 saturated heterocycles. The molecular formula is C16H17BrN2O4S2. The quantitative estimate of drug-likeness (QED) is 0.768. The van der Waals surface area contributed by atoms with Gasteiger partial charge in [0.25, 0.3) is 15.9 Å². The van der Waals surface area contributed by atoms with Crippen LogP contribution in [0, 0.1) is 0 Å². The van der Waals surface area contributed by atoms with Crippen LogP contribution in [0.15, 0.2) is 44.4 Å². The number of fused-ring (bicyclic) bond motifs is 1. The lowest BCUT2D eigenvalue weighted by Gasteiger charge is -2.34. The molecule has 0 spiro atoms. The summed E-state index contributed by atoms with van der Waals surface area (Å²) in [5, 5.41) is 2.76. The van der Waals surface area contributed by atoms with Crippen LogP contribution >= 0.6 is 27.3 Å². The lowest BCUT2D eigenvalue weighted by molar-refractivity contribution is -0.127. The van der Waals surface area contributed by atoms with Crippen LogP contribution in [-0.4, -0.2) is 33.5 Å². The van der Waals surface area contributed by atoms with Gasteiger partial charge in [0.05, 0.1) is 16.0 Å². The number of sulfonamides is 1. The molecule has 0 aliphatic carbocycles. The number of benzene rings is 1. The summed E-state index contributed by atoms with van der Waals surface area (Å²) in [6.07, 6.45) is -0.0973. The largest absolute Gasteiger partial charge is 0.476 e. The van der Waals surface area contributed by atoms with Crippen LogP contribution in [0.1, 0.15) is 13.3 Å². The number of thiophene rings is 1. The number of ether oxygens (including phenoxy) is 1. The van der Waals surface area contributed by atoms with Crippen molar-refractivity contribution in [3.63, 3.8) is 0 Å². The fraction of sp³-hybridized carbons (Fsp3) is 0.312. The normalized spacial score (nSPS) is 16.9. The van der Waals surface area contributed by atoms with Gasteiger partial charge in [0.15, 0.2) is 6.10 Å². The third-order valence-electron chi connectivity index (χ3n) is 3.67. The molecule has 3 rings (SSSR count). The summed E-state index contributed by atoms with van der Waals surface area (Å²) in [6, 6.07) is 10.1. The van der Waals surface area contributed by atoms with Gasteiger partial charge in [-0.1, -0.05) is 19.1 Å². The van der Waals surface area contributed by atoms with E-state index in [1.807, 2.05) is 6.92 Å². The van der Waals surface area contributed by atoms with E-state index in [4.69, 9.17) is 4.74 Å². The molecule has 1 N–H and O–H groups in total. The second-order valence-corrected chi connectivity index (χ2v) is 10.0. The molecule has 134 valence electrons. The molecule has 1 amide bonds. The summed E-state index contributed by atoms with van der Waals surface area (Å²) >= 11 is 4.42. The number of nitrogens with zero attached hydrogens (tertiary/aromatic N) is 1. The number of rotatable bonds is 5. The Morgan fingerprint density at radius 1 is 1.36 bits per heavy atom. The molecule has 1 aliphatic heterocycles. The van der Waals surface area contributed by atoms with E-state index in [1.165, 1.54) is 4.31 Å². The number of hydrogen-bond acceptors (Lipinski definition) is 5. The minimum absolute atomic E-state index is 0.0651. The molecule has 0 fully saturated rings. The summed E-state index contributed by atoms with van der Waals surface area (Å²) < 4.78 is 34.1. The SMILES string of the molecule is CCCNC(=O)[C@@H]1CN(S(=O)(=O)c2ccc(Br)s2)c2ccccc2O1. The second-order valence-electron chi connectivity index (χ2n) is 5.46. The fourth-order valence-electron chi connectivity index (χ4n) is 2.47. The summed E-state index contributed by atoms with van der Waals surface area (Å²) in [5.41, 5.74) is 0.437. The molecule has 1 aromatic carbocycles. The molecule has 2 heterocycles. The first-order valence-electron chi connectivity index (χ1n) is 7.75. The molecule has 2 aromatic rings. The van der Waals surface area contributed by atoms with Gasteiger partial charge in [0.2, 0.25) is 0 Å². The molecule has 0 radical (unpaired) electrons. The number of hydrogen-bond donors (Lipinski definition) is 1. The molecule has 1 aliphatic rings. The fourth-order valence-corrected chi connectivity index (χ4v) is 6.07. The third-order valence-corrected chi connectivity index (χ3v) is 7.54. The lowest BCUT2D eigenvalue weighted by atomic mass is 10.2. The van der Waals surface area contributed by atoms with Crippen LogP contribution in [0.25, 0.3) is 0 Å². The van der Waals surface area contributed by atoms with Crippen LogP contribution in [0.2, 0.25) is 0 Å². The second kappa shape index (κ2) is 7.35. The van der Waals surface area contributed by atoms with Gasteiger partial charge in [0.1, 0.15) is 9.96 Å². The maximum absolute atomic E-state index is 13.1. The number of anilines is 1. The van der Waals surface area contributed by atoms with Gasteiger partial charge in [-0.05, 0) is 46.6 Å². The summed E-state index contributed by atoms with van der Waals surface area (Å²) in [6.45, 7) is 2.40. The van der Waals surface area contributed by atoms with Crippen molar-refractivity contribution in [1.82, 2.24) is 5.32 Å². The first kappa shape index (κ1) is 18.2. The molecule has 9 heteroatoms. The number of nitrogens with one attached hydrogen (secondary N) is 1. The zero-order valence-corrected chi connectivity index (χ0v) is 16.7. The molecular weight excluding hydrogens is 428 g/mol. The third kappa shape index (κ3) is 3.68. The molecule has 25 heavy (non-hydrogen) atoms. The minimum atomic E-state index is -3.78. The Balaban J connectivity index is 1.98. The molecule has 0 saturated carbocycles. The Labute approximate surface area is 159 Å². The highest BCUT2D eigenvalue weighted by Gasteiger charge is 2.37. The van der Waals surface area contributed by atoms with Crippen LogP contribution in [-0.2, 0) is 14.8 Å². The Morgan fingerprint density at radius 2 is 2.12 bits per heavy atom. The minimum Gasteiger partial charge on any atom is -0.476 e.